The Morgan fingerprint density at radius 2 is 1.88 bits per heavy atom. The first kappa shape index (κ1) is 34.3. The highest BCUT2D eigenvalue weighted by molar-refractivity contribution is 6.01. The molecule has 6 heterocycles. The molecule has 272 valence electrons. The zero-order valence-electron chi connectivity index (χ0n) is 29.4. The zero-order chi connectivity index (χ0) is 36.1. The number of ether oxygens (including phenoxy) is 1. The number of phenols is 1. The van der Waals surface area contributed by atoms with E-state index in [1.807, 2.05) is 19.9 Å². The fourth-order valence-corrected chi connectivity index (χ4v) is 8.69. The standard InChI is InChI=1S/C39H42F3N7O3/c1-3-28-31(41)10-9-25-17-27(50)18-29(32(25)28)34-33(42)35-30(20-43-34)36(45-38(44-35)52-22-39-12-6-15-48(39)21-26(40)19-39)47-13-4-7-24(8-5-14-47)37(51)49-16-11-23(2)46-49/h9-11,16-18,20,24,26,50H,3-8,12-15,19,21-22H2,1-2H3/t26-,39+/m1/s1. The molecule has 3 aliphatic rings. The third kappa shape index (κ3) is 6.12. The van der Waals surface area contributed by atoms with Crippen LogP contribution >= 0.6 is 0 Å². The van der Waals surface area contributed by atoms with Crippen molar-refractivity contribution in [3.8, 4) is 23.0 Å². The molecule has 2 atom stereocenters. The van der Waals surface area contributed by atoms with Gasteiger partial charge in [-0.15, -0.1) is 0 Å². The molecule has 0 saturated carbocycles. The summed E-state index contributed by atoms with van der Waals surface area (Å²) in [5.74, 6) is -1.00. The number of alkyl halides is 1. The van der Waals surface area contributed by atoms with Crippen molar-refractivity contribution in [1.29, 1.82) is 0 Å². The molecule has 5 aromatic rings. The highest BCUT2D eigenvalue weighted by atomic mass is 19.1. The van der Waals surface area contributed by atoms with Gasteiger partial charge in [-0.05, 0) is 99.0 Å². The maximum Gasteiger partial charge on any atom is 0.319 e. The van der Waals surface area contributed by atoms with Gasteiger partial charge in [0.1, 0.15) is 41.4 Å². The van der Waals surface area contributed by atoms with Crippen molar-refractivity contribution in [1.82, 2.24) is 29.6 Å². The van der Waals surface area contributed by atoms with Gasteiger partial charge in [0.15, 0.2) is 5.82 Å². The molecule has 0 radical (unpaired) electrons. The molecule has 3 aromatic heterocycles. The van der Waals surface area contributed by atoms with Crippen LogP contribution in [0.3, 0.4) is 0 Å². The van der Waals surface area contributed by atoms with Crippen LogP contribution in [0.1, 0.15) is 67.9 Å². The molecule has 0 spiro atoms. The highest BCUT2D eigenvalue weighted by Gasteiger charge is 2.49. The van der Waals surface area contributed by atoms with Crippen molar-refractivity contribution in [2.45, 2.75) is 76.9 Å². The van der Waals surface area contributed by atoms with Gasteiger partial charge in [0.25, 0.3) is 0 Å². The zero-order valence-corrected chi connectivity index (χ0v) is 29.4. The molecule has 3 saturated heterocycles. The van der Waals surface area contributed by atoms with Gasteiger partial charge in [-0.25, -0.2) is 17.9 Å². The lowest BCUT2D eigenvalue weighted by molar-refractivity contribution is 0.0796. The predicted molar refractivity (Wildman–Crippen MR) is 192 cm³/mol. The molecule has 10 nitrogen and oxygen atoms in total. The number of aromatic nitrogens is 5. The molecule has 1 N–H and O–H groups in total. The Morgan fingerprint density at radius 1 is 1.08 bits per heavy atom. The topological polar surface area (TPSA) is 110 Å². The number of aryl methyl sites for hydroxylation is 2. The van der Waals surface area contributed by atoms with E-state index in [1.54, 1.807) is 12.3 Å². The average molecular weight is 714 g/mol. The first-order valence-corrected chi connectivity index (χ1v) is 18.3. The van der Waals surface area contributed by atoms with E-state index in [-0.39, 0.29) is 47.0 Å². The molecule has 3 aliphatic heterocycles. The number of anilines is 1. The van der Waals surface area contributed by atoms with Crippen molar-refractivity contribution < 1.29 is 27.8 Å². The van der Waals surface area contributed by atoms with E-state index < -0.39 is 23.3 Å². The lowest BCUT2D eigenvalue weighted by atomic mass is 9.94. The molecule has 0 aliphatic carbocycles. The maximum absolute atomic E-state index is 17.0. The van der Waals surface area contributed by atoms with Crippen molar-refractivity contribution in [2.24, 2.45) is 5.92 Å². The quantitative estimate of drug-likeness (QED) is 0.188. The molecule has 13 heteroatoms. The number of carbonyl (C=O) groups is 1. The number of carbonyl (C=O) groups excluding carboxylic acids is 1. The number of rotatable bonds is 7. The summed E-state index contributed by atoms with van der Waals surface area (Å²) < 4.78 is 54.4. The van der Waals surface area contributed by atoms with Crippen molar-refractivity contribution in [3.05, 3.63) is 65.6 Å². The highest BCUT2D eigenvalue weighted by Crippen LogP contribution is 2.42. The van der Waals surface area contributed by atoms with Crippen LogP contribution in [0.2, 0.25) is 0 Å². The van der Waals surface area contributed by atoms with Crippen LogP contribution in [0.5, 0.6) is 11.8 Å². The Hall–Kier alpha value is -4.78. The van der Waals surface area contributed by atoms with Crippen LogP contribution in [0.25, 0.3) is 32.9 Å². The van der Waals surface area contributed by atoms with Crippen LogP contribution in [0, 0.1) is 24.5 Å². The number of aromatic hydroxyl groups is 1. The van der Waals surface area contributed by atoms with E-state index in [2.05, 4.69) is 24.9 Å². The molecule has 8 rings (SSSR count). The van der Waals surface area contributed by atoms with Crippen molar-refractivity contribution in [3.63, 3.8) is 0 Å². The van der Waals surface area contributed by atoms with Gasteiger partial charge in [0, 0.05) is 49.9 Å². The van der Waals surface area contributed by atoms with Crippen LogP contribution in [0.4, 0.5) is 19.0 Å². The number of pyridine rings is 1. The summed E-state index contributed by atoms with van der Waals surface area (Å²) in [5, 5.41) is 16.4. The largest absolute Gasteiger partial charge is 0.508 e. The molecule has 2 aromatic carbocycles. The lowest BCUT2D eigenvalue weighted by Crippen LogP contribution is -2.43. The molecule has 3 fully saturated rings. The normalized spacial score (nSPS) is 21.5. The fourth-order valence-electron chi connectivity index (χ4n) is 8.69. The molecule has 52 heavy (non-hydrogen) atoms. The first-order valence-electron chi connectivity index (χ1n) is 18.3. The predicted octanol–water partition coefficient (Wildman–Crippen LogP) is 7.19. The molecular weight excluding hydrogens is 671 g/mol. The van der Waals surface area contributed by atoms with Gasteiger partial charge >= 0.3 is 6.01 Å². The smallest absolute Gasteiger partial charge is 0.319 e. The maximum atomic E-state index is 17.0. The minimum absolute atomic E-state index is 0.0168. The SMILES string of the molecule is CCc1c(F)ccc2cc(O)cc(-c3ncc4c(N5CCCC(C(=O)n6ccc(C)n6)CCC5)nc(OC[C@@]56CCCN5C[C@H](F)C6)nc4c3F)c12. The van der Waals surface area contributed by atoms with Crippen LogP contribution < -0.4 is 9.64 Å². The molecule has 0 bridgehead atoms. The fraction of sp³-hybridized carbons (Fsp3) is 0.462. The van der Waals surface area contributed by atoms with E-state index >= 15 is 8.78 Å². The van der Waals surface area contributed by atoms with Gasteiger partial charge in [-0.2, -0.15) is 15.1 Å². The average Bonchev–Trinajstić information content (AvgIpc) is 3.80. The third-order valence-electron chi connectivity index (χ3n) is 11.2. The van der Waals surface area contributed by atoms with Gasteiger partial charge in [0.2, 0.25) is 5.91 Å². The lowest BCUT2D eigenvalue weighted by Gasteiger charge is -2.31. The van der Waals surface area contributed by atoms with Crippen LogP contribution in [0.15, 0.2) is 42.7 Å². The van der Waals surface area contributed by atoms with E-state index in [0.29, 0.717) is 85.7 Å². The second-order valence-electron chi connectivity index (χ2n) is 14.6. The van der Waals surface area contributed by atoms with Gasteiger partial charge in [0.05, 0.1) is 16.6 Å². The van der Waals surface area contributed by atoms with Gasteiger partial charge < -0.3 is 14.7 Å². The monoisotopic (exact) mass is 713 g/mol. The summed E-state index contributed by atoms with van der Waals surface area (Å²) in [6.07, 6.45) is 7.42. The number of nitrogens with zero attached hydrogens (tertiary/aromatic N) is 7. The number of hydrogen-bond acceptors (Lipinski definition) is 9. The van der Waals surface area contributed by atoms with Gasteiger partial charge in [-0.1, -0.05) is 13.0 Å². The minimum atomic E-state index is -0.938. The van der Waals surface area contributed by atoms with Crippen molar-refractivity contribution in [2.75, 3.05) is 37.7 Å². The van der Waals surface area contributed by atoms with E-state index in [1.165, 1.54) is 29.1 Å². The van der Waals surface area contributed by atoms with Crippen LogP contribution in [-0.4, -0.2) is 85.1 Å². The minimum Gasteiger partial charge on any atom is -0.508 e. The summed E-state index contributed by atoms with van der Waals surface area (Å²) in [5.41, 5.74) is 0.874. The second kappa shape index (κ2) is 13.6. The number of hydrogen-bond donors (Lipinski definition) is 1. The van der Waals surface area contributed by atoms with E-state index in [0.717, 1.165) is 25.1 Å². The Kier molecular flexibility index (Phi) is 9.01. The Labute approximate surface area is 299 Å². The number of phenolic OH excluding ortho intramolecular Hbond substituents is 1. The number of benzene rings is 2. The number of halogens is 3. The second-order valence-corrected chi connectivity index (χ2v) is 14.6. The number of fused-ring (bicyclic) bond motifs is 3. The Balaban J connectivity index is 1.18. The summed E-state index contributed by atoms with van der Waals surface area (Å²) >= 11 is 0. The van der Waals surface area contributed by atoms with E-state index in [4.69, 9.17) is 9.72 Å². The summed E-state index contributed by atoms with van der Waals surface area (Å²) in [6.45, 7) is 6.11. The third-order valence-corrected chi connectivity index (χ3v) is 11.2. The molecule has 0 unspecified atom stereocenters. The van der Waals surface area contributed by atoms with Crippen molar-refractivity contribution >= 4 is 33.4 Å². The Morgan fingerprint density at radius 3 is 2.63 bits per heavy atom. The first-order chi connectivity index (χ1) is 25.1. The summed E-state index contributed by atoms with van der Waals surface area (Å²) in [6, 6.07) is 7.63. The molecule has 0 amide bonds. The Bertz CT molecular complexity index is 2170. The van der Waals surface area contributed by atoms with Gasteiger partial charge in [-0.3, -0.25) is 14.7 Å². The summed E-state index contributed by atoms with van der Waals surface area (Å²) in [4.78, 5) is 31.4. The molecular formula is C39H42F3N7O3. The van der Waals surface area contributed by atoms with E-state index in [9.17, 15) is 14.3 Å². The summed E-state index contributed by atoms with van der Waals surface area (Å²) in [7, 11) is 0. The van der Waals surface area contributed by atoms with Crippen LogP contribution in [-0.2, 0) is 6.42 Å².